The highest BCUT2D eigenvalue weighted by molar-refractivity contribution is 7.91. The Hall–Kier alpha value is -0.690. The quantitative estimate of drug-likeness (QED) is 0.731. The zero-order valence-electron chi connectivity index (χ0n) is 13.2. The van der Waals surface area contributed by atoms with Crippen LogP contribution >= 0.6 is 12.2 Å². The second-order valence-corrected chi connectivity index (χ2v) is 10.9. The van der Waals surface area contributed by atoms with Crippen molar-refractivity contribution < 1.29 is 13.2 Å². The summed E-state index contributed by atoms with van der Waals surface area (Å²) in [7, 11) is -2.94. The first kappa shape index (κ1) is 15.8. The Kier molecular flexibility index (Phi) is 3.72. The van der Waals surface area contributed by atoms with Crippen molar-refractivity contribution in [3.8, 4) is 0 Å². The minimum atomic E-state index is -2.94. The number of hydrogen-bond donors (Lipinski definition) is 2. The average Bonchev–Trinajstić information content (AvgIpc) is 2.76. The zero-order chi connectivity index (χ0) is 16.2. The van der Waals surface area contributed by atoms with E-state index in [1.165, 1.54) is 19.3 Å². The summed E-state index contributed by atoms with van der Waals surface area (Å²) in [5, 5.41) is 6.19. The predicted octanol–water partition coefficient (Wildman–Crippen LogP) is 1.38. The van der Waals surface area contributed by atoms with Crippen LogP contribution in [-0.2, 0) is 14.6 Å². The standard InChI is InChI=1S/C16H24N2O3S2/c19-14(18-15(22)17-13-1-2-23(20,21)9-13)16-6-10-3-11(7-16)5-12(4-10)8-16/h10-13H,1-9H2,(H2,17,18,19,22). The number of hydrogen-bond acceptors (Lipinski definition) is 4. The van der Waals surface area contributed by atoms with Gasteiger partial charge < -0.3 is 10.6 Å². The fourth-order valence-corrected chi connectivity index (χ4v) is 7.69. The van der Waals surface area contributed by atoms with E-state index in [9.17, 15) is 13.2 Å². The Labute approximate surface area is 142 Å². The van der Waals surface area contributed by atoms with E-state index in [2.05, 4.69) is 10.6 Å². The van der Waals surface area contributed by atoms with Crippen molar-refractivity contribution in [3.05, 3.63) is 0 Å². The van der Waals surface area contributed by atoms with E-state index in [0.717, 1.165) is 19.3 Å². The van der Waals surface area contributed by atoms with Gasteiger partial charge in [-0.2, -0.15) is 0 Å². The summed E-state index contributed by atoms with van der Waals surface area (Å²) < 4.78 is 23.0. The molecule has 0 aromatic rings. The van der Waals surface area contributed by atoms with Gasteiger partial charge in [-0.3, -0.25) is 4.79 Å². The average molecular weight is 357 g/mol. The van der Waals surface area contributed by atoms with Crippen LogP contribution in [0.4, 0.5) is 0 Å². The largest absolute Gasteiger partial charge is 0.359 e. The van der Waals surface area contributed by atoms with Crippen LogP contribution in [0.15, 0.2) is 0 Å². The second-order valence-electron chi connectivity index (χ2n) is 8.23. The lowest BCUT2D eigenvalue weighted by atomic mass is 9.49. The van der Waals surface area contributed by atoms with Crippen molar-refractivity contribution in [1.82, 2.24) is 10.6 Å². The lowest BCUT2D eigenvalue weighted by Crippen LogP contribution is -2.56. The van der Waals surface area contributed by atoms with Gasteiger partial charge in [-0.05, 0) is 74.9 Å². The Balaban J connectivity index is 1.37. The number of rotatable bonds is 2. The molecule has 5 fully saturated rings. The van der Waals surface area contributed by atoms with E-state index in [1.54, 1.807) is 0 Å². The summed E-state index contributed by atoms with van der Waals surface area (Å²) in [6, 6.07) is -0.163. The minimum Gasteiger partial charge on any atom is -0.359 e. The van der Waals surface area contributed by atoms with E-state index in [-0.39, 0.29) is 28.9 Å². The molecule has 0 radical (unpaired) electrons. The number of carbonyl (C=O) groups excluding carboxylic acids is 1. The molecule has 7 heteroatoms. The van der Waals surface area contributed by atoms with Crippen molar-refractivity contribution in [3.63, 3.8) is 0 Å². The normalized spacial score (nSPS) is 43.3. The Morgan fingerprint density at radius 1 is 1.04 bits per heavy atom. The van der Waals surface area contributed by atoms with Crippen molar-refractivity contribution >= 4 is 33.1 Å². The van der Waals surface area contributed by atoms with Crippen molar-refractivity contribution in [1.29, 1.82) is 0 Å². The maximum atomic E-state index is 12.9. The number of nitrogens with one attached hydrogen (secondary N) is 2. The monoisotopic (exact) mass is 356 g/mol. The molecule has 4 saturated carbocycles. The van der Waals surface area contributed by atoms with Crippen LogP contribution in [0.3, 0.4) is 0 Å². The first-order valence-electron chi connectivity index (χ1n) is 8.66. The van der Waals surface area contributed by atoms with Gasteiger partial charge in [0.05, 0.1) is 16.9 Å². The highest BCUT2D eigenvalue weighted by Gasteiger charge is 2.54. The fraction of sp³-hybridized carbons (Fsp3) is 0.875. The van der Waals surface area contributed by atoms with Crippen LogP contribution in [0, 0.1) is 23.2 Å². The van der Waals surface area contributed by atoms with Gasteiger partial charge in [0.2, 0.25) is 5.91 Å². The summed E-state index contributed by atoms with van der Waals surface area (Å²) in [6.07, 6.45) is 7.48. The Bertz CT molecular complexity index is 608. The zero-order valence-corrected chi connectivity index (χ0v) is 14.8. The van der Waals surface area contributed by atoms with Gasteiger partial charge in [0.1, 0.15) is 0 Å². The third-order valence-corrected chi connectivity index (χ3v) is 8.30. The predicted molar refractivity (Wildman–Crippen MR) is 91.5 cm³/mol. The molecule has 4 aliphatic carbocycles. The van der Waals surface area contributed by atoms with Gasteiger partial charge in [-0.15, -0.1) is 0 Å². The topological polar surface area (TPSA) is 75.3 Å². The highest BCUT2D eigenvalue weighted by Crippen LogP contribution is 2.60. The maximum Gasteiger partial charge on any atom is 0.232 e. The van der Waals surface area contributed by atoms with E-state index >= 15 is 0 Å². The summed E-state index contributed by atoms with van der Waals surface area (Å²) in [5.41, 5.74) is -0.220. The van der Waals surface area contributed by atoms with Gasteiger partial charge >= 0.3 is 0 Å². The third-order valence-electron chi connectivity index (χ3n) is 6.31. The molecule has 0 spiro atoms. The van der Waals surface area contributed by atoms with Crippen molar-refractivity contribution in [2.45, 2.75) is 51.0 Å². The smallest absolute Gasteiger partial charge is 0.232 e. The third kappa shape index (κ3) is 3.02. The Morgan fingerprint density at radius 2 is 1.61 bits per heavy atom. The van der Waals surface area contributed by atoms with Gasteiger partial charge in [-0.1, -0.05) is 0 Å². The first-order chi connectivity index (χ1) is 10.8. The molecule has 1 heterocycles. The summed E-state index contributed by atoms with van der Waals surface area (Å²) in [5.74, 6) is 2.53. The Morgan fingerprint density at radius 3 is 2.09 bits per heavy atom. The molecule has 1 amide bonds. The fourth-order valence-electron chi connectivity index (χ4n) is 5.75. The molecule has 1 saturated heterocycles. The first-order valence-corrected chi connectivity index (χ1v) is 10.9. The van der Waals surface area contributed by atoms with E-state index in [4.69, 9.17) is 12.2 Å². The van der Waals surface area contributed by atoms with Crippen LogP contribution in [-0.4, -0.2) is 37.0 Å². The molecule has 5 nitrogen and oxygen atoms in total. The molecule has 5 rings (SSSR count). The van der Waals surface area contributed by atoms with Crippen LogP contribution in [0.2, 0.25) is 0 Å². The van der Waals surface area contributed by atoms with Crippen molar-refractivity contribution in [2.24, 2.45) is 23.2 Å². The molecule has 4 bridgehead atoms. The molecule has 128 valence electrons. The maximum absolute atomic E-state index is 12.9. The molecule has 0 aromatic carbocycles. The lowest BCUT2D eigenvalue weighted by molar-refractivity contribution is -0.144. The van der Waals surface area contributed by atoms with Gasteiger partial charge in [0.15, 0.2) is 14.9 Å². The molecular weight excluding hydrogens is 332 g/mol. The van der Waals surface area contributed by atoms with Crippen LogP contribution in [0.25, 0.3) is 0 Å². The molecule has 1 aliphatic heterocycles. The minimum absolute atomic E-state index is 0.0648. The van der Waals surface area contributed by atoms with E-state index in [0.29, 0.717) is 29.3 Å². The molecular formula is C16H24N2O3S2. The summed E-state index contributed by atoms with van der Waals surface area (Å²) in [4.78, 5) is 12.9. The van der Waals surface area contributed by atoms with E-state index < -0.39 is 9.84 Å². The molecule has 0 aromatic heterocycles. The van der Waals surface area contributed by atoms with Crippen LogP contribution in [0.1, 0.15) is 44.9 Å². The summed E-state index contributed by atoms with van der Waals surface area (Å²) >= 11 is 5.26. The van der Waals surface area contributed by atoms with Crippen LogP contribution in [0.5, 0.6) is 0 Å². The molecule has 5 aliphatic rings. The van der Waals surface area contributed by atoms with Crippen molar-refractivity contribution in [2.75, 3.05) is 11.5 Å². The number of amides is 1. The number of sulfone groups is 1. The summed E-state index contributed by atoms with van der Waals surface area (Å²) in [6.45, 7) is 0. The van der Waals surface area contributed by atoms with Crippen LogP contribution < -0.4 is 10.6 Å². The molecule has 1 unspecified atom stereocenters. The second kappa shape index (κ2) is 5.41. The van der Waals surface area contributed by atoms with Gasteiger partial charge in [0.25, 0.3) is 0 Å². The highest BCUT2D eigenvalue weighted by atomic mass is 32.2. The number of carbonyl (C=O) groups is 1. The van der Waals surface area contributed by atoms with Gasteiger partial charge in [-0.25, -0.2) is 8.42 Å². The van der Waals surface area contributed by atoms with Gasteiger partial charge in [0, 0.05) is 6.04 Å². The lowest BCUT2D eigenvalue weighted by Gasteiger charge is -2.55. The molecule has 23 heavy (non-hydrogen) atoms. The number of thiocarbonyl (C=S) groups is 1. The molecule has 2 N–H and O–H groups in total. The molecule has 1 atom stereocenters. The SMILES string of the molecule is O=C(NC(=S)NC1CCS(=O)(=O)C1)C12CC3CC(CC(C3)C1)C2. The van der Waals surface area contributed by atoms with E-state index in [1.807, 2.05) is 0 Å².